The average Bonchev–Trinajstić information content (AvgIpc) is 3.34. The minimum absolute atomic E-state index is 0. The molecule has 3 heterocycles. The number of hydrogen-bond acceptors (Lipinski definition) is 4. The number of nitrogens with one attached hydrogen (secondary N) is 1. The number of halogens is 2. The number of rotatable bonds is 3. The first-order valence-electron chi connectivity index (χ1n) is 9.99. The van der Waals surface area contributed by atoms with Gasteiger partial charge in [0.1, 0.15) is 0 Å². The summed E-state index contributed by atoms with van der Waals surface area (Å²) in [4.78, 5) is 4.70. The van der Waals surface area contributed by atoms with E-state index >= 15 is 0 Å². The van der Waals surface area contributed by atoms with Crippen molar-refractivity contribution in [2.24, 2.45) is 0 Å². The molecule has 30 heavy (non-hydrogen) atoms. The van der Waals surface area contributed by atoms with E-state index < -0.39 is 0 Å². The molecule has 0 unspecified atom stereocenters. The predicted molar refractivity (Wildman–Crippen MR) is 123 cm³/mol. The summed E-state index contributed by atoms with van der Waals surface area (Å²) in [5.74, 6) is 1.14. The maximum Gasteiger partial charge on any atom is 0.258 e. The monoisotopic (exact) mass is 442 g/mol. The van der Waals surface area contributed by atoms with Crippen LogP contribution in [0.3, 0.4) is 0 Å². The summed E-state index contributed by atoms with van der Waals surface area (Å²) in [7, 11) is 0. The lowest BCUT2D eigenvalue weighted by molar-refractivity contribution is 0.432. The molecule has 0 amide bonds. The van der Waals surface area contributed by atoms with E-state index in [1.54, 1.807) is 0 Å². The van der Waals surface area contributed by atoms with Gasteiger partial charge < -0.3 is 14.4 Å². The quantitative estimate of drug-likeness (QED) is 0.424. The summed E-state index contributed by atoms with van der Waals surface area (Å²) in [6, 6.07) is 10.7. The molecule has 2 aromatic heterocycles. The smallest absolute Gasteiger partial charge is 0.258 e. The van der Waals surface area contributed by atoms with Gasteiger partial charge in [-0.2, -0.15) is 4.98 Å². The number of nitrogens with zero attached hydrogens (tertiary/aromatic N) is 3. The van der Waals surface area contributed by atoms with Gasteiger partial charge in [-0.25, -0.2) is 0 Å². The van der Waals surface area contributed by atoms with Crippen LogP contribution in [0.25, 0.3) is 33.7 Å². The van der Waals surface area contributed by atoms with Crippen molar-refractivity contribution < 1.29 is 4.52 Å². The van der Waals surface area contributed by atoms with Crippen LogP contribution in [0, 0.1) is 6.92 Å². The van der Waals surface area contributed by atoms with Gasteiger partial charge in [0.25, 0.3) is 5.89 Å². The van der Waals surface area contributed by atoms with E-state index in [2.05, 4.69) is 54.0 Å². The van der Waals surface area contributed by atoms with Crippen molar-refractivity contribution in [2.75, 3.05) is 6.54 Å². The van der Waals surface area contributed by atoms with E-state index in [-0.39, 0.29) is 12.4 Å². The van der Waals surface area contributed by atoms with Gasteiger partial charge in [-0.3, -0.25) is 0 Å². The number of aromatic nitrogens is 3. The average molecular weight is 443 g/mol. The van der Waals surface area contributed by atoms with Gasteiger partial charge in [-0.05, 0) is 68.6 Å². The molecule has 0 saturated heterocycles. The highest BCUT2D eigenvalue weighted by atomic mass is 35.5. The minimum Gasteiger partial charge on any atom is -0.343 e. The largest absolute Gasteiger partial charge is 0.343 e. The second-order valence-electron chi connectivity index (χ2n) is 7.94. The lowest BCUT2D eigenvalue weighted by Crippen LogP contribution is -2.24. The first kappa shape index (κ1) is 20.9. The number of benzene rings is 2. The van der Waals surface area contributed by atoms with Gasteiger partial charge in [0.15, 0.2) is 0 Å². The third kappa shape index (κ3) is 3.41. The molecule has 0 aliphatic carbocycles. The van der Waals surface area contributed by atoms with Crippen LogP contribution in [0.15, 0.2) is 41.1 Å². The third-order valence-corrected chi connectivity index (χ3v) is 6.12. The fraction of sp³-hybridized carbons (Fsp3) is 0.304. The molecule has 0 bridgehead atoms. The Morgan fingerprint density at radius 3 is 2.83 bits per heavy atom. The lowest BCUT2D eigenvalue weighted by Gasteiger charge is -2.20. The SMILES string of the molecule is Cc1c(-c2noc(-c3ccc4c(c3)c(Cl)cn4C(C)C)n2)ccc2c1CCNC2.Cl. The summed E-state index contributed by atoms with van der Waals surface area (Å²) in [6.45, 7) is 8.36. The second kappa shape index (κ2) is 8.06. The molecule has 0 fully saturated rings. The highest BCUT2D eigenvalue weighted by Crippen LogP contribution is 2.33. The summed E-state index contributed by atoms with van der Waals surface area (Å²) >= 11 is 6.48. The van der Waals surface area contributed by atoms with Crippen LogP contribution >= 0.6 is 24.0 Å². The molecule has 1 aliphatic rings. The normalized spacial score (nSPS) is 13.5. The molecule has 0 spiro atoms. The summed E-state index contributed by atoms with van der Waals surface area (Å²) in [6.07, 6.45) is 3.01. The van der Waals surface area contributed by atoms with E-state index in [9.17, 15) is 0 Å². The van der Waals surface area contributed by atoms with Crippen molar-refractivity contribution in [3.8, 4) is 22.8 Å². The van der Waals surface area contributed by atoms with E-state index in [0.29, 0.717) is 17.8 Å². The summed E-state index contributed by atoms with van der Waals surface area (Å²) in [5.41, 5.74) is 7.01. The van der Waals surface area contributed by atoms with Crippen molar-refractivity contribution in [1.82, 2.24) is 20.0 Å². The van der Waals surface area contributed by atoms with Crippen LogP contribution in [0.5, 0.6) is 0 Å². The van der Waals surface area contributed by atoms with E-state index in [1.165, 1.54) is 16.7 Å². The first-order valence-corrected chi connectivity index (χ1v) is 10.4. The van der Waals surface area contributed by atoms with Gasteiger partial charge >= 0.3 is 0 Å². The maximum atomic E-state index is 6.48. The molecule has 2 aromatic carbocycles. The maximum absolute atomic E-state index is 6.48. The van der Waals surface area contributed by atoms with Gasteiger partial charge in [0.2, 0.25) is 5.82 Å². The van der Waals surface area contributed by atoms with Crippen LogP contribution in [-0.2, 0) is 13.0 Å². The summed E-state index contributed by atoms with van der Waals surface area (Å²) < 4.78 is 7.80. The zero-order valence-corrected chi connectivity index (χ0v) is 18.8. The van der Waals surface area contributed by atoms with Crippen molar-refractivity contribution >= 4 is 34.9 Å². The molecule has 0 atom stereocenters. The molecule has 0 radical (unpaired) electrons. The Balaban J connectivity index is 0.00000218. The van der Waals surface area contributed by atoms with Crippen molar-refractivity contribution in [2.45, 2.75) is 39.8 Å². The summed E-state index contributed by atoms with van der Waals surface area (Å²) in [5, 5.41) is 9.41. The van der Waals surface area contributed by atoms with Crippen LogP contribution in [0.1, 0.15) is 36.6 Å². The molecule has 1 aliphatic heterocycles. The van der Waals surface area contributed by atoms with E-state index in [4.69, 9.17) is 21.1 Å². The molecular weight excluding hydrogens is 419 g/mol. The number of fused-ring (bicyclic) bond motifs is 2. The van der Waals surface area contributed by atoms with E-state index in [0.717, 1.165) is 46.6 Å². The predicted octanol–water partition coefficient (Wildman–Crippen LogP) is 5.97. The fourth-order valence-electron chi connectivity index (χ4n) is 4.23. The molecular formula is C23H24Cl2N4O. The Bertz CT molecular complexity index is 1230. The molecule has 4 aromatic rings. The van der Waals surface area contributed by atoms with E-state index in [1.807, 2.05) is 18.3 Å². The van der Waals surface area contributed by atoms with Crippen molar-refractivity contribution in [3.63, 3.8) is 0 Å². The van der Waals surface area contributed by atoms with Crippen LogP contribution in [0.2, 0.25) is 5.02 Å². The molecule has 7 heteroatoms. The number of hydrogen-bond donors (Lipinski definition) is 1. The van der Waals surface area contributed by atoms with Gasteiger partial charge in [0.05, 0.1) is 5.02 Å². The third-order valence-electron chi connectivity index (χ3n) is 5.82. The molecule has 1 N–H and O–H groups in total. The minimum atomic E-state index is 0. The van der Waals surface area contributed by atoms with Crippen LogP contribution < -0.4 is 5.32 Å². The Labute approximate surface area is 186 Å². The second-order valence-corrected chi connectivity index (χ2v) is 8.34. The zero-order chi connectivity index (χ0) is 20.1. The highest BCUT2D eigenvalue weighted by Gasteiger charge is 2.19. The molecule has 5 rings (SSSR count). The Kier molecular flexibility index (Phi) is 5.62. The molecule has 156 valence electrons. The first-order chi connectivity index (χ1) is 14.0. The molecule has 5 nitrogen and oxygen atoms in total. The van der Waals surface area contributed by atoms with Crippen molar-refractivity contribution in [1.29, 1.82) is 0 Å². The molecule has 0 saturated carbocycles. The zero-order valence-electron chi connectivity index (χ0n) is 17.2. The van der Waals surface area contributed by atoms with Gasteiger partial charge in [-0.1, -0.05) is 28.9 Å². The Hall–Kier alpha value is -2.34. The van der Waals surface area contributed by atoms with Crippen molar-refractivity contribution in [3.05, 3.63) is 58.2 Å². The topological polar surface area (TPSA) is 55.9 Å². The fourth-order valence-corrected chi connectivity index (χ4v) is 4.49. The Morgan fingerprint density at radius 2 is 2.03 bits per heavy atom. The van der Waals surface area contributed by atoms with Gasteiger partial charge in [0, 0.05) is 40.8 Å². The Morgan fingerprint density at radius 1 is 1.20 bits per heavy atom. The lowest BCUT2D eigenvalue weighted by atomic mass is 9.92. The standard InChI is InChI=1S/C23H23ClN4O.ClH/c1-13(2)28-12-20(24)19-10-15(5-7-21(19)28)23-26-22(27-29-23)18-6-4-16-11-25-9-8-17(16)14(18)3;/h4-7,10,12-13,25H,8-9,11H2,1-3H3;1H. The van der Waals surface area contributed by atoms with Crippen LogP contribution in [0.4, 0.5) is 0 Å². The highest BCUT2D eigenvalue weighted by molar-refractivity contribution is 6.35. The van der Waals surface area contributed by atoms with Crippen LogP contribution in [-0.4, -0.2) is 21.3 Å². The van der Waals surface area contributed by atoms with Gasteiger partial charge in [-0.15, -0.1) is 12.4 Å².